The topological polar surface area (TPSA) is 95.0 Å². The molecule has 3 fully saturated rings. The van der Waals surface area contributed by atoms with E-state index in [1.54, 1.807) is 12.1 Å². The fourth-order valence-corrected chi connectivity index (χ4v) is 6.01. The van der Waals surface area contributed by atoms with Crippen molar-refractivity contribution in [2.75, 3.05) is 11.5 Å². The number of hydrogen-bond donors (Lipinski definition) is 1. The number of fused-ring (bicyclic) bond motifs is 6. The Morgan fingerprint density at radius 1 is 1.10 bits per heavy atom. The number of hydrogen-bond acceptors (Lipinski definition) is 5. The lowest BCUT2D eigenvalue weighted by atomic mass is 9.65. The third-order valence-corrected chi connectivity index (χ3v) is 7.25. The van der Waals surface area contributed by atoms with Crippen LogP contribution in [-0.2, 0) is 14.3 Å². The second kappa shape index (κ2) is 6.88. The van der Waals surface area contributed by atoms with Gasteiger partial charge in [0.05, 0.1) is 41.4 Å². The van der Waals surface area contributed by atoms with Gasteiger partial charge in [-0.1, -0.05) is 30.3 Å². The molecule has 7 nitrogen and oxygen atoms in total. The molecule has 4 atom stereocenters. The van der Waals surface area contributed by atoms with Crippen molar-refractivity contribution in [3.8, 4) is 6.07 Å². The maximum Gasteiger partial charge on any atom is 0.240 e. The van der Waals surface area contributed by atoms with Gasteiger partial charge in [-0.25, -0.2) is 9.74 Å². The lowest BCUT2D eigenvalue weighted by molar-refractivity contribution is -0.132. The molecule has 2 aromatic rings. The Morgan fingerprint density at radius 2 is 1.74 bits per heavy atom. The van der Waals surface area contributed by atoms with Gasteiger partial charge >= 0.3 is 0 Å². The molecule has 7 heteroatoms. The largest absolute Gasteiger partial charge is 0.396 e. The molecule has 3 aliphatic rings. The predicted molar refractivity (Wildman–Crippen MR) is 112 cm³/mol. The van der Waals surface area contributed by atoms with E-state index in [4.69, 9.17) is 16.6 Å². The second-order valence-electron chi connectivity index (χ2n) is 8.59. The fourth-order valence-electron chi connectivity index (χ4n) is 6.01. The summed E-state index contributed by atoms with van der Waals surface area (Å²) >= 11 is 0. The number of nitriles is 1. The van der Waals surface area contributed by atoms with E-state index in [9.17, 15) is 14.7 Å². The Hall–Kier alpha value is -3.26. The van der Waals surface area contributed by atoms with Crippen LogP contribution in [0.15, 0.2) is 36.4 Å². The summed E-state index contributed by atoms with van der Waals surface area (Å²) in [7, 11) is 0. The van der Waals surface area contributed by atoms with Gasteiger partial charge in [-0.15, -0.1) is 0 Å². The Morgan fingerprint density at radius 3 is 2.35 bits per heavy atom. The first-order valence-corrected chi connectivity index (χ1v) is 10.5. The van der Waals surface area contributed by atoms with E-state index in [2.05, 4.69) is 10.9 Å². The van der Waals surface area contributed by atoms with Crippen LogP contribution in [0.3, 0.4) is 0 Å². The van der Waals surface area contributed by atoms with Crippen molar-refractivity contribution in [1.29, 1.82) is 5.26 Å². The standard InChI is InChI=1S/C24H21N3O4/c1-26-17-7-8-18(16-6-3-2-5-15(16)17)27-21(29)19-20(22(27)30)24(12-14-28)11-10-23(19,31-24)9-4-13-25/h2-3,5-8,19-20,28H,4,9-12,14H2/t19-,20+,23?,24?/m1/s1. The third kappa shape index (κ3) is 2.51. The van der Waals surface area contributed by atoms with Crippen LogP contribution in [0.4, 0.5) is 11.4 Å². The van der Waals surface area contributed by atoms with Crippen molar-refractivity contribution >= 4 is 34.0 Å². The molecule has 2 unspecified atom stereocenters. The number of ether oxygens (including phenoxy) is 1. The second-order valence-corrected chi connectivity index (χ2v) is 8.59. The number of aliphatic hydroxyl groups is 1. The van der Waals surface area contributed by atoms with Gasteiger partial charge in [-0.3, -0.25) is 9.59 Å². The number of imide groups is 1. The smallest absolute Gasteiger partial charge is 0.240 e. The van der Waals surface area contributed by atoms with E-state index < -0.39 is 23.0 Å². The van der Waals surface area contributed by atoms with Gasteiger partial charge in [0.15, 0.2) is 5.69 Å². The highest BCUT2D eigenvalue weighted by atomic mass is 16.5. The Bertz CT molecular complexity index is 1200. The van der Waals surface area contributed by atoms with Gasteiger partial charge in [-0.2, -0.15) is 5.26 Å². The number of carbonyl (C=O) groups excluding carboxylic acids is 2. The van der Waals surface area contributed by atoms with E-state index in [1.165, 1.54) is 4.90 Å². The van der Waals surface area contributed by atoms with Gasteiger partial charge in [0, 0.05) is 19.4 Å². The molecule has 0 saturated carbocycles. The van der Waals surface area contributed by atoms with Gasteiger partial charge in [-0.05, 0) is 36.1 Å². The van der Waals surface area contributed by atoms with Crippen molar-refractivity contribution in [3.63, 3.8) is 0 Å². The lowest BCUT2D eigenvalue weighted by Crippen LogP contribution is -2.43. The summed E-state index contributed by atoms with van der Waals surface area (Å²) in [6.07, 6.45) is 2.10. The van der Waals surface area contributed by atoms with E-state index >= 15 is 0 Å². The number of benzene rings is 2. The SMILES string of the molecule is [C-]#[N+]c1ccc(N2C(=O)[C@@H]3[C@H](C2=O)C2(CCC#N)CCC3(CCO)O2)c2ccccc12. The zero-order valence-electron chi connectivity index (χ0n) is 16.9. The zero-order valence-corrected chi connectivity index (χ0v) is 16.9. The summed E-state index contributed by atoms with van der Waals surface area (Å²) in [5.41, 5.74) is -0.781. The molecule has 31 heavy (non-hydrogen) atoms. The van der Waals surface area contributed by atoms with Crippen LogP contribution in [-0.4, -0.2) is 34.7 Å². The van der Waals surface area contributed by atoms with Gasteiger partial charge in [0.2, 0.25) is 11.8 Å². The molecule has 0 spiro atoms. The van der Waals surface area contributed by atoms with Gasteiger partial charge < -0.3 is 9.84 Å². The molecule has 0 radical (unpaired) electrons. The molecule has 3 saturated heterocycles. The van der Waals surface area contributed by atoms with Crippen molar-refractivity contribution in [2.45, 2.75) is 43.3 Å². The third-order valence-electron chi connectivity index (χ3n) is 7.25. The van der Waals surface area contributed by atoms with Crippen LogP contribution in [0.25, 0.3) is 15.6 Å². The van der Waals surface area contributed by atoms with Crippen LogP contribution in [0, 0.1) is 29.7 Å². The normalized spacial score (nSPS) is 31.1. The first kappa shape index (κ1) is 19.7. The Kier molecular flexibility index (Phi) is 4.37. The summed E-state index contributed by atoms with van der Waals surface area (Å²) in [5.74, 6) is -1.96. The lowest BCUT2D eigenvalue weighted by Gasteiger charge is -2.31. The summed E-state index contributed by atoms with van der Waals surface area (Å²) < 4.78 is 6.39. The minimum Gasteiger partial charge on any atom is -0.396 e. The molecule has 2 amide bonds. The van der Waals surface area contributed by atoms with Crippen LogP contribution < -0.4 is 4.90 Å². The molecular formula is C24H21N3O4. The minimum absolute atomic E-state index is 0.137. The Balaban J connectivity index is 1.65. The Labute approximate surface area is 179 Å². The number of carbonyl (C=O) groups is 2. The number of amides is 2. The minimum atomic E-state index is -0.872. The number of rotatable bonds is 5. The maximum atomic E-state index is 13.7. The van der Waals surface area contributed by atoms with Crippen molar-refractivity contribution in [1.82, 2.24) is 0 Å². The van der Waals surface area contributed by atoms with Crippen molar-refractivity contribution < 1.29 is 19.4 Å². The molecule has 0 aromatic heterocycles. The fraction of sp³-hybridized carbons (Fsp3) is 0.417. The molecule has 3 heterocycles. The summed E-state index contributed by atoms with van der Waals surface area (Å²) in [6.45, 7) is 7.28. The average Bonchev–Trinajstić information content (AvgIpc) is 3.38. The highest BCUT2D eigenvalue weighted by molar-refractivity contribution is 6.26. The van der Waals surface area contributed by atoms with Crippen LogP contribution in [0.1, 0.15) is 32.1 Å². The molecule has 2 aromatic carbocycles. The molecule has 5 rings (SSSR count). The van der Waals surface area contributed by atoms with Crippen LogP contribution >= 0.6 is 0 Å². The van der Waals surface area contributed by atoms with Gasteiger partial charge in [0.1, 0.15) is 0 Å². The average molecular weight is 415 g/mol. The van der Waals surface area contributed by atoms with E-state index in [0.717, 1.165) is 0 Å². The van der Waals surface area contributed by atoms with E-state index in [1.807, 2.05) is 24.3 Å². The number of anilines is 1. The van der Waals surface area contributed by atoms with E-state index in [0.29, 0.717) is 41.4 Å². The van der Waals surface area contributed by atoms with Gasteiger partial charge in [0.25, 0.3) is 0 Å². The highest BCUT2D eigenvalue weighted by Gasteiger charge is 2.74. The summed E-state index contributed by atoms with van der Waals surface area (Å²) in [5, 5.41) is 20.2. The maximum absolute atomic E-state index is 13.7. The van der Waals surface area contributed by atoms with Crippen molar-refractivity contribution in [2.24, 2.45) is 11.8 Å². The quantitative estimate of drug-likeness (QED) is 0.596. The van der Waals surface area contributed by atoms with Crippen molar-refractivity contribution in [3.05, 3.63) is 47.8 Å². The van der Waals surface area contributed by atoms with Crippen LogP contribution in [0.5, 0.6) is 0 Å². The molecular weight excluding hydrogens is 394 g/mol. The predicted octanol–water partition coefficient (Wildman–Crippen LogP) is 3.48. The number of nitrogens with zero attached hydrogens (tertiary/aromatic N) is 3. The first-order chi connectivity index (χ1) is 15.0. The first-order valence-electron chi connectivity index (χ1n) is 10.5. The molecule has 3 aliphatic heterocycles. The molecule has 156 valence electrons. The molecule has 0 aliphatic carbocycles. The monoisotopic (exact) mass is 415 g/mol. The zero-order chi connectivity index (χ0) is 21.8. The molecule has 2 bridgehead atoms. The van der Waals surface area contributed by atoms with Crippen LogP contribution in [0.2, 0.25) is 0 Å². The number of aliphatic hydroxyl groups excluding tert-OH is 1. The summed E-state index contributed by atoms with van der Waals surface area (Å²) in [4.78, 5) is 32.2. The molecule has 1 N–H and O–H groups in total. The summed E-state index contributed by atoms with van der Waals surface area (Å²) in [6, 6.07) is 12.7. The highest BCUT2D eigenvalue weighted by Crippen LogP contribution is 2.64. The van der Waals surface area contributed by atoms with E-state index in [-0.39, 0.29) is 31.3 Å².